The summed E-state index contributed by atoms with van der Waals surface area (Å²) in [4.78, 5) is 26.6. The number of carboxylic acids is 1. The minimum atomic E-state index is -0.858. The van der Waals surface area contributed by atoms with Crippen LogP contribution in [0, 0.1) is 5.82 Å². The minimum absolute atomic E-state index is 0.146. The van der Waals surface area contributed by atoms with Crippen molar-refractivity contribution in [3.63, 3.8) is 0 Å². The first-order chi connectivity index (χ1) is 9.49. The van der Waals surface area contributed by atoms with Crippen LogP contribution in [0.3, 0.4) is 0 Å². The highest BCUT2D eigenvalue weighted by Crippen LogP contribution is 2.11. The SMILES string of the molecule is CC(C(=O)O)N1CCN(C(=O)c2ccc(F)cc2)CC1. The second-order valence-electron chi connectivity index (χ2n) is 4.85. The van der Waals surface area contributed by atoms with Crippen LogP contribution in [-0.4, -0.2) is 59.0 Å². The van der Waals surface area contributed by atoms with Gasteiger partial charge in [-0.15, -0.1) is 0 Å². The number of piperazine rings is 1. The standard InChI is InChI=1S/C14H17FN2O3/c1-10(14(19)20)16-6-8-17(9-7-16)13(18)11-2-4-12(15)5-3-11/h2-5,10H,6-9H2,1H3,(H,19,20). The largest absolute Gasteiger partial charge is 0.480 e. The zero-order valence-electron chi connectivity index (χ0n) is 11.3. The molecule has 108 valence electrons. The molecule has 0 aromatic heterocycles. The van der Waals surface area contributed by atoms with E-state index in [2.05, 4.69) is 0 Å². The highest BCUT2D eigenvalue weighted by Gasteiger charge is 2.27. The van der Waals surface area contributed by atoms with E-state index >= 15 is 0 Å². The number of carbonyl (C=O) groups is 2. The van der Waals surface area contributed by atoms with E-state index in [1.165, 1.54) is 24.3 Å². The van der Waals surface area contributed by atoms with Crippen molar-refractivity contribution in [1.29, 1.82) is 0 Å². The van der Waals surface area contributed by atoms with Crippen molar-refractivity contribution >= 4 is 11.9 Å². The first-order valence-electron chi connectivity index (χ1n) is 6.50. The molecule has 0 aliphatic carbocycles. The molecule has 0 saturated carbocycles. The van der Waals surface area contributed by atoms with Crippen LogP contribution in [0.1, 0.15) is 17.3 Å². The Bertz CT molecular complexity index is 496. The van der Waals surface area contributed by atoms with E-state index in [9.17, 15) is 14.0 Å². The Morgan fingerprint density at radius 2 is 1.70 bits per heavy atom. The summed E-state index contributed by atoms with van der Waals surface area (Å²) < 4.78 is 12.8. The van der Waals surface area contributed by atoms with Crippen LogP contribution >= 0.6 is 0 Å². The van der Waals surface area contributed by atoms with Crippen molar-refractivity contribution in [2.24, 2.45) is 0 Å². The number of amides is 1. The molecule has 0 bridgehead atoms. The van der Waals surface area contributed by atoms with E-state index in [1.54, 1.807) is 11.8 Å². The number of carboxylic acid groups (broad SMARTS) is 1. The van der Waals surface area contributed by atoms with Gasteiger partial charge >= 0.3 is 5.97 Å². The number of halogens is 1. The lowest BCUT2D eigenvalue weighted by Gasteiger charge is -2.36. The highest BCUT2D eigenvalue weighted by atomic mass is 19.1. The van der Waals surface area contributed by atoms with Gasteiger partial charge in [-0.1, -0.05) is 0 Å². The number of aliphatic carboxylic acids is 1. The van der Waals surface area contributed by atoms with Crippen molar-refractivity contribution in [1.82, 2.24) is 9.80 Å². The zero-order valence-corrected chi connectivity index (χ0v) is 11.3. The quantitative estimate of drug-likeness (QED) is 0.899. The summed E-state index contributed by atoms with van der Waals surface area (Å²) >= 11 is 0. The van der Waals surface area contributed by atoms with Crippen LogP contribution in [0.2, 0.25) is 0 Å². The molecule has 1 aliphatic rings. The summed E-state index contributed by atoms with van der Waals surface area (Å²) in [6.07, 6.45) is 0. The molecular formula is C14H17FN2O3. The lowest BCUT2D eigenvalue weighted by molar-refractivity contribution is -0.143. The Morgan fingerprint density at radius 1 is 1.15 bits per heavy atom. The minimum Gasteiger partial charge on any atom is -0.480 e. The summed E-state index contributed by atoms with van der Waals surface area (Å²) in [5.41, 5.74) is 0.450. The molecule has 1 fully saturated rings. The average molecular weight is 280 g/mol. The molecule has 2 rings (SSSR count). The third-order valence-corrected chi connectivity index (χ3v) is 3.60. The van der Waals surface area contributed by atoms with E-state index in [0.29, 0.717) is 31.7 Å². The molecule has 1 aromatic carbocycles. The molecule has 1 atom stereocenters. The Balaban J connectivity index is 1.95. The maximum Gasteiger partial charge on any atom is 0.320 e. The Morgan fingerprint density at radius 3 is 2.20 bits per heavy atom. The van der Waals surface area contributed by atoms with Gasteiger partial charge in [0.1, 0.15) is 11.9 Å². The third-order valence-electron chi connectivity index (χ3n) is 3.60. The fraction of sp³-hybridized carbons (Fsp3) is 0.429. The summed E-state index contributed by atoms with van der Waals surface area (Å²) in [5.74, 6) is -1.38. The van der Waals surface area contributed by atoms with E-state index < -0.39 is 12.0 Å². The maximum absolute atomic E-state index is 12.8. The predicted octanol–water partition coefficient (Wildman–Crippen LogP) is 1.06. The van der Waals surface area contributed by atoms with Gasteiger partial charge in [0.25, 0.3) is 5.91 Å². The molecule has 6 heteroatoms. The van der Waals surface area contributed by atoms with Gasteiger partial charge in [0.15, 0.2) is 0 Å². The molecule has 5 nitrogen and oxygen atoms in total. The molecule has 0 spiro atoms. The second kappa shape index (κ2) is 6.00. The summed E-state index contributed by atoms with van der Waals surface area (Å²) in [6.45, 7) is 3.66. The van der Waals surface area contributed by atoms with Crippen LogP contribution in [0.4, 0.5) is 4.39 Å². The van der Waals surface area contributed by atoms with Crippen LogP contribution in [0.25, 0.3) is 0 Å². The van der Waals surface area contributed by atoms with E-state index in [1.807, 2.05) is 4.90 Å². The van der Waals surface area contributed by atoms with Crippen LogP contribution < -0.4 is 0 Å². The smallest absolute Gasteiger partial charge is 0.320 e. The normalized spacial score (nSPS) is 17.8. The molecule has 1 N–H and O–H groups in total. The maximum atomic E-state index is 12.8. The van der Waals surface area contributed by atoms with Crippen molar-refractivity contribution in [3.8, 4) is 0 Å². The van der Waals surface area contributed by atoms with Gasteiger partial charge in [0.05, 0.1) is 0 Å². The fourth-order valence-electron chi connectivity index (χ4n) is 2.24. The Hall–Kier alpha value is -1.95. The summed E-state index contributed by atoms with van der Waals surface area (Å²) in [7, 11) is 0. The number of carbonyl (C=O) groups excluding carboxylic acids is 1. The fourth-order valence-corrected chi connectivity index (χ4v) is 2.24. The lowest BCUT2D eigenvalue weighted by Crippen LogP contribution is -2.53. The van der Waals surface area contributed by atoms with E-state index in [-0.39, 0.29) is 11.7 Å². The summed E-state index contributed by atoms with van der Waals surface area (Å²) in [6, 6.07) is 4.90. The van der Waals surface area contributed by atoms with Crippen molar-refractivity contribution in [3.05, 3.63) is 35.6 Å². The molecule has 20 heavy (non-hydrogen) atoms. The molecule has 0 radical (unpaired) electrons. The highest BCUT2D eigenvalue weighted by molar-refractivity contribution is 5.94. The van der Waals surface area contributed by atoms with Gasteiger partial charge in [-0.2, -0.15) is 0 Å². The van der Waals surface area contributed by atoms with Crippen LogP contribution in [-0.2, 0) is 4.79 Å². The number of benzene rings is 1. The monoisotopic (exact) mass is 280 g/mol. The van der Waals surface area contributed by atoms with Gasteiger partial charge in [-0.3, -0.25) is 14.5 Å². The number of rotatable bonds is 3. The van der Waals surface area contributed by atoms with Gasteiger partial charge in [-0.05, 0) is 31.2 Å². The van der Waals surface area contributed by atoms with Gasteiger partial charge < -0.3 is 10.0 Å². The van der Waals surface area contributed by atoms with Gasteiger partial charge in [0, 0.05) is 31.7 Å². The number of hydrogen-bond donors (Lipinski definition) is 1. The van der Waals surface area contributed by atoms with Crippen LogP contribution in [0.15, 0.2) is 24.3 Å². The van der Waals surface area contributed by atoms with Gasteiger partial charge in [-0.25, -0.2) is 4.39 Å². The third kappa shape index (κ3) is 3.14. The Kier molecular flexibility index (Phi) is 4.34. The Labute approximate surface area is 116 Å². The van der Waals surface area contributed by atoms with Gasteiger partial charge in [0.2, 0.25) is 0 Å². The first-order valence-corrected chi connectivity index (χ1v) is 6.50. The number of nitrogens with zero attached hydrogens (tertiary/aromatic N) is 2. The predicted molar refractivity (Wildman–Crippen MR) is 71.0 cm³/mol. The molecule has 1 amide bonds. The first kappa shape index (κ1) is 14.5. The van der Waals surface area contributed by atoms with E-state index in [0.717, 1.165) is 0 Å². The molecule has 1 heterocycles. The molecule has 1 aromatic rings. The summed E-state index contributed by atoms with van der Waals surface area (Å²) in [5, 5.41) is 8.96. The van der Waals surface area contributed by atoms with Crippen molar-refractivity contribution < 1.29 is 19.1 Å². The van der Waals surface area contributed by atoms with Crippen molar-refractivity contribution in [2.75, 3.05) is 26.2 Å². The van der Waals surface area contributed by atoms with E-state index in [4.69, 9.17) is 5.11 Å². The average Bonchev–Trinajstić information content (AvgIpc) is 2.46. The molecular weight excluding hydrogens is 263 g/mol. The van der Waals surface area contributed by atoms with Crippen LogP contribution in [0.5, 0.6) is 0 Å². The lowest BCUT2D eigenvalue weighted by atomic mass is 10.1. The van der Waals surface area contributed by atoms with Crippen molar-refractivity contribution in [2.45, 2.75) is 13.0 Å². The zero-order chi connectivity index (χ0) is 14.7. The topological polar surface area (TPSA) is 60.9 Å². The molecule has 1 unspecified atom stereocenters. The molecule has 1 aliphatic heterocycles. The molecule has 1 saturated heterocycles. The second-order valence-corrected chi connectivity index (χ2v) is 4.85. The number of hydrogen-bond acceptors (Lipinski definition) is 3.